The Morgan fingerprint density at radius 3 is 2.43 bits per heavy atom. The molecule has 0 aliphatic rings. The SMILES string of the molecule is COc1ccc(CC(=O)NCCNC(=O)OCCCl)cc1. The van der Waals surface area contributed by atoms with Crippen molar-refractivity contribution in [1.82, 2.24) is 10.6 Å². The number of hydrogen-bond donors (Lipinski definition) is 2. The molecule has 0 saturated heterocycles. The third-order valence-electron chi connectivity index (χ3n) is 2.55. The van der Waals surface area contributed by atoms with Gasteiger partial charge in [-0.2, -0.15) is 0 Å². The summed E-state index contributed by atoms with van der Waals surface area (Å²) in [6, 6.07) is 7.27. The first-order chi connectivity index (χ1) is 10.2. The summed E-state index contributed by atoms with van der Waals surface area (Å²) in [6.45, 7) is 0.803. The number of rotatable bonds is 8. The van der Waals surface area contributed by atoms with Gasteiger partial charge >= 0.3 is 6.09 Å². The molecule has 0 aliphatic carbocycles. The molecule has 7 heteroatoms. The summed E-state index contributed by atoms with van der Waals surface area (Å²) in [4.78, 5) is 22.8. The van der Waals surface area contributed by atoms with E-state index in [0.29, 0.717) is 13.1 Å². The third-order valence-corrected chi connectivity index (χ3v) is 2.70. The molecule has 2 N–H and O–H groups in total. The van der Waals surface area contributed by atoms with Crippen LogP contribution in [0.3, 0.4) is 0 Å². The summed E-state index contributed by atoms with van der Waals surface area (Å²) in [5.41, 5.74) is 0.891. The number of alkyl halides is 1. The van der Waals surface area contributed by atoms with Crippen LogP contribution >= 0.6 is 11.6 Å². The van der Waals surface area contributed by atoms with E-state index in [1.165, 1.54) is 0 Å². The summed E-state index contributed by atoms with van der Waals surface area (Å²) in [7, 11) is 1.59. The molecule has 0 radical (unpaired) electrons. The molecule has 1 rings (SSSR count). The van der Waals surface area contributed by atoms with Crippen molar-refractivity contribution >= 4 is 23.6 Å². The maximum atomic E-state index is 11.7. The number of amides is 2. The zero-order valence-electron chi connectivity index (χ0n) is 11.9. The quantitative estimate of drug-likeness (QED) is 0.560. The maximum Gasteiger partial charge on any atom is 0.407 e. The number of hydrogen-bond acceptors (Lipinski definition) is 4. The molecule has 1 aromatic carbocycles. The molecule has 0 spiro atoms. The van der Waals surface area contributed by atoms with Crippen LogP contribution in [0, 0.1) is 0 Å². The van der Waals surface area contributed by atoms with Crippen LogP contribution in [-0.4, -0.2) is 44.7 Å². The monoisotopic (exact) mass is 314 g/mol. The normalized spacial score (nSPS) is 9.81. The molecule has 0 aliphatic heterocycles. The molecule has 0 heterocycles. The van der Waals surface area contributed by atoms with Crippen LogP contribution in [0.15, 0.2) is 24.3 Å². The fourth-order valence-electron chi connectivity index (χ4n) is 1.54. The van der Waals surface area contributed by atoms with E-state index in [0.717, 1.165) is 11.3 Å². The molecule has 0 atom stereocenters. The number of ether oxygens (including phenoxy) is 2. The van der Waals surface area contributed by atoms with Crippen LogP contribution in [0.4, 0.5) is 4.79 Å². The van der Waals surface area contributed by atoms with E-state index >= 15 is 0 Å². The lowest BCUT2D eigenvalue weighted by molar-refractivity contribution is -0.120. The highest BCUT2D eigenvalue weighted by Gasteiger charge is 2.04. The minimum atomic E-state index is -0.542. The van der Waals surface area contributed by atoms with Crippen molar-refractivity contribution in [2.24, 2.45) is 0 Å². The van der Waals surface area contributed by atoms with E-state index in [1.807, 2.05) is 12.1 Å². The van der Waals surface area contributed by atoms with Crippen LogP contribution in [0.1, 0.15) is 5.56 Å². The van der Waals surface area contributed by atoms with Crippen LogP contribution < -0.4 is 15.4 Å². The first-order valence-electron chi connectivity index (χ1n) is 6.52. The fourth-order valence-corrected chi connectivity index (χ4v) is 1.62. The molecule has 0 saturated carbocycles. The summed E-state index contributed by atoms with van der Waals surface area (Å²) in [5, 5.41) is 5.21. The number of alkyl carbamates (subject to hydrolysis) is 1. The minimum Gasteiger partial charge on any atom is -0.497 e. The van der Waals surface area contributed by atoms with Crippen molar-refractivity contribution in [2.45, 2.75) is 6.42 Å². The second-order valence-corrected chi connectivity index (χ2v) is 4.50. The Morgan fingerprint density at radius 2 is 1.81 bits per heavy atom. The number of carbonyl (C=O) groups excluding carboxylic acids is 2. The zero-order valence-corrected chi connectivity index (χ0v) is 12.6. The van der Waals surface area contributed by atoms with Crippen LogP contribution in [-0.2, 0) is 16.0 Å². The third kappa shape index (κ3) is 7.41. The molecule has 0 aromatic heterocycles. The van der Waals surface area contributed by atoms with Gasteiger partial charge in [0, 0.05) is 13.1 Å². The number of carbonyl (C=O) groups is 2. The van der Waals surface area contributed by atoms with Gasteiger partial charge in [-0.15, -0.1) is 11.6 Å². The standard InChI is InChI=1S/C14H19ClN2O4/c1-20-12-4-2-11(3-5-12)10-13(18)16-7-8-17-14(19)21-9-6-15/h2-5H,6-10H2,1H3,(H,16,18)(H,17,19). The van der Waals surface area contributed by atoms with Gasteiger partial charge in [0.15, 0.2) is 0 Å². The molecule has 0 fully saturated rings. The Labute approximate surface area is 128 Å². The van der Waals surface area contributed by atoms with Gasteiger partial charge < -0.3 is 20.1 Å². The van der Waals surface area contributed by atoms with Crippen molar-refractivity contribution in [3.05, 3.63) is 29.8 Å². The van der Waals surface area contributed by atoms with Crippen molar-refractivity contribution in [3.8, 4) is 5.75 Å². The average molecular weight is 315 g/mol. The molecule has 6 nitrogen and oxygen atoms in total. The van der Waals surface area contributed by atoms with Crippen molar-refractivity contribution < 1.29 is 19.1 Å². The molecule has 0 bridgehead atoms. The van der Waals surface area contributed by atoms with Crippen molar-refractivity contribution in [1.29, 1.82) is 0 Å². The van der Waals surface area contributed by atoms with Gasteiger partial charge in [-0.3, -0.25) is 4.79 Å². The number of halogens is 1. The van der Waals surface area contributed by atoms with Gasteiger partial charge in [-0.1, -0.05) is 12.1 Å². The van der Waals surface area contributed by atoms with Gasteiger partial charge in [-0.05, 0) is 17.7 Å². The van der Waals surface area contributed by atoms with Gasteiger partial charge in [0.25, 0.3) is 0 Å². The smallest absolute Gasteiger partial charge is 0.407 e. The van der Waals surface area contributed by atoms with Gasteiger partial charge in [0.05, 0.1) is 19.4 Å². The Hall–Kier alpha value is -1.95. The first kappa shape index (κ1) is 17.1. The predicted octanol–water partition coefficient (Wildman–Crippen LogP) is 1.32. The molecule has 21 heavy (non-hydrogen) atoms. The average Bonchev–Trinajstić information content (AvgIpc) is 2.50. The van der Waals surface area contributed by atoms with E-state index in [2.05, 4.69) is 10.6 Å². The van der Waals surface area contributed by atoms with E-state index < -0.39 is 6.09 Å². The highest BCUT2D eigenvalue weighted by molar-refractivity contribution is 6.18. The largest absolute Gasteiger partial charge is 0.497 e. The summed E-state index contributed by atoms with van der Waals surface area (Å²) >= 11 is 5.37. The van der Waals surface area contributed by atoms with E-state index in [4.69, 9.17) is 21.1 Å². The first-order valence-corrected chi connectivity index (χ1v) is 7.05. The van der Waals surface area contributed by atoms with E-state index in [1.54, 1.807) is 19.2 Å². The molecule has 116 valence electrons. The molecular formula is C14H19ClN2O4. The van der Waals surface area contributed by atoms with E-state index in [9.17, 15) is 9.59 Å². The Kier molecular flexibility index (Phi) is 8.04. The Bertz CT molecular complexity index is 451. The lowest BCUT2D eigenvalue weighted by Crippen LogP contribution is -2.35. The zero-order chi connectivity index (χ0) is 15.5. The van der Waals surface area contributed by atoms with Gasteiger partial charge in [0.1, 0.15) is 12.4 Å². The maximum absolute atomic E-state index is 11.7. The van der Waals surface area contributed by atoms with Crippen LogP contribution in [0.2, 0.25) is 0 Å². The molecule has 0 unspecified atom stereocenters. The molecule has 2 amide bonds. The molecule has 1 aromatic rings. The highest BCUT2D eigenvalue weighted by Crippen LogP contribution is 2.11. The summed E-state index contributed by atoms with van der Waals surface area (Å²) < 4.78 is 9.75. The minimum absolute atomic E-state index is 0.115. The summed E-state index contributed by atoms with van der Waals surface area (Å²) in [6.07, 6.45) is -0.263. The summed E-state index contributed by atoms with van der Waals surface area (Å²) in [5.74, 6) is 0.890. The fraction of sp³-hybridized carbons (Fsp3) is 0.429. The van der Waals surface area contributed by atoms with Crippen molar-refractivity contribution in [3.63, 3.8) is 0 Å². The second kappa shape index (κ2) is 9.88. The molecular weight excluding hydrogens is 296 g/mol. The number of methoxy groups -OCH3 is 1. The van der Waals surface area contributed by atoms with Crippen molar-refractivity contribution in [2.75, 3.05) is 32.7 Å². The Morgan fingerprint density at radius 1 is 1.14 bits per heavy atom. The highest BCUT2D eigenvalue weighted by atomic mass is 35.5. The topological polar surface area (TPSA) is 76.7 Å². The lowest BCUT2D eigenvalue weighted by Gasteiger charge is -2.07. The lowest BCUT2D eigenvalue weighted by atomic mass is 10.1. The second-order valence-electron chi connectivity index (χ2n) is 4.13. The predicted molar refractivity (Wildman–Crippen MR) is 79.8 cm³/mol. The number of benzene rings is 1. The van der Waals surface area contributed by atoms with Gasteiger partial charge in [0.2, 0.25) is 5.91 Å². The number of nitrogens with one attached hydrogen (secondary N) is 2. The van der Waals surface area contributed by atoms with Crippen LogP contribution in [0.5, 0.6) is 5.75 Å². The van der Waals surface area contributed by atoms with E-state index in [-0.39, 0.29) is 24.8 Å². The van der Waals surface area contributed by atoms with Crippen LogP contribution in [0.25, 0.3) is 0 Å². The Balaban J connectivity index is 2.17. The van der Waals surface area contributed by atoms with Gasteiger partial charge in [-0.25, -0.2) is 4.79 Å².